The molecule has 218 valence electrons. The van der Waals surface area contributed by atoms with Gasteiger partial charge in [-0.25, -0.2) is 4.79 Å². The van der Waals surface area contributed by atoms with E-state index in [0.717, 1.165) is 30.4 Å². The van der Waals surface area contributed by atoms with Crippen LogP contribution in [0.25, 0.3) is 0 Å². The van der Waals surface area contributed by atoms with Gasteiger partial charge in [0, 0.05) is 24.9 Å². The number of benzene rings is 2. The maximum Gasteiger partial charge on any atom is 0.414 e. The molecule has 2 amide bonds. The Labute approximate surface area is 243 Å². The maximum absolute atomic E-state index is 13.5. The van der Waals surface area contributed by atoms with Gasteiger partial charge in [-0.05, 0) is 67.3 Å². The monoisotopic (exact) mass is 570 g/mol. The van der Waals surface area contributed by atoms with E-state index in [0.29, 0.717) is 30.6 Å². The molecule has 0 saturated carbocycles. The lowest BCUT2D eigenvalue weighted by molar-refractivity contribution is 0.0836. The second-order valence-electron chi connectivity index (χ2n) is 9.95. The third-order valence-electron chi connectivity index (χ3n) is 6.54. The van der Waals surface area contributed by atoms with Crippen LogP contribution in [0.4, 0.5) is 10.5 Å². The number of alkyl halides is 1. The zero-order chi connectivity index (χ0) is 29.3. The van der Waals surface area contributed by atoms with E-state index < -0.39 is 18.2 Å². The number of halogens is 1. The Morgan fingerprint density at radius 1 is 1.07 bits per heavy atom. The Morgan fingerprint density at radius 2 is 1.80 bits per heavy atom. The van der Waals surface area contributed by atoms with E-state index in [-0.39, 0.29) is 30.9 Å². The summed E-state index contributed by atoms with van der Waals surface area (Å²) in [4.78, 5) is 28.3. The first-order valence-corrected chi connectivity index (χ1v) is 14.2. The normalized spacial score (nSPS) is 13.1. The lowest BCUT2D eigenvalue weighted by Gasteiger charge is -2.27. The number of hydrogen-bond donors (Lipinski definition) is 2. The van der Waals surface area contributed by atoms with Crippen molar-refractivity contribution in [3.05, 3.63) is 90.5 Å². The Bertz CT molecular complexity index is 1080. The lowest BCUT2D eigenvalue weighted by atomic mass is 9.94. The molecule has 40 heavy (non-hydrogen) atoms. The number of ether oxygens (including phenoxy) is 2. The molecule has 0 aromatic heterocycles. The molecular weight excluding hydrogens is 528 g/mol. The Hall–Kier alpha value is -3.13. The second-order valence-corrected chi connectivity index (χ2v) is 10.3. The number of aliphatic hydroxyl groups is 1. The zero-order valence-electron chi connectivity index (χ0n) is 23.7. The number of nitrogens with one attached hydrogen (secondary N) is 1. The molecule has 2 rings (SSSR count). The molecule has 0 heterocycles. The highest BCUT2D eigenvalue weighted by Gasteiger charge is 2.25. The second kappa shape index (κ2) is 18.3. The summed E-state index contributed by atoms with van der Waals surface area (Å²) >= 11 is 5.97. The minimum Gasteiger partial charge on any atom is -0.444 e. The summed E-state index contributed by atoms with van der Waals surface area (Å²) < 4.78 is 11.0. The topological polar surface area (TPSA) is 88.1 Å². The van der Waals surface area contributed by atoms with Gasteiger partial charge >= 0.3 is 6.09 Å². The van der Waals surface area contributed by atoms with Crippen molar-refractivity contribution >= 4 is 29.3 Å². The molecule has 8 heteroatoms. The molecule has 0 saturated heterocycles. The molecule has 0 aliphatic heterocycles. The molecular formula is C32H43ClN2O5. The Kier molecular flexibility index (Phi) is 15.1. The van der Waals surface area contributed by atoms with Gasteiger partial charge in [0.25, 0.3) is 5.91 Å². The van der Waals surface area contributed by atoms with Crippen molar-refractivity contribution in [2.24, 2.45) is 5.92 Å². The quantitative estimate of drug-likeness (QED) is 0.119. The van der Waals surface area contributed by atoms with Crippen molar-refractivity contribution in [2.75, 3.05) is 24.4 Å². The summed E-state index contributed by atoms with van der Waals surface area (Å²) in [5.41, 5.74) is 2.47. The van der Waals surface area contributed by atoms with Crippen LogP contribution >= 0.6 is 11.6 Å². The standard InChI is InChI=1S/C32H43ClN2O5/c1-5-7-12-16-35(32(38)40-23-25-14-10-9-11-15-25)28-19-26(22-39-4)18-27(20-28)31(37)34-29(30(36)21-33)17-24(3)13-8-6-2/h5-6,9-11,14-15,18-20,24,29-30,36H,1-2,7-8,12-13,16-17,21-23H2,3-4H3,(H,34,37)/t24-,29+,30-/m1/s1. The third-order valence-corrected chi connectivity index (χ3v) is 6.85. The van der Waals surface area contributed by atoms with Crippen molar-refractivity contribution in [1.29, 1.82) is 0 Å². The van der Waals surface area contributed by atoms with Gasteiger partial charge in [-0.1, -0.05) is 49.4 Å². The number of unbranched alkanes of at least 4 members (excludes halogenated alkanes) is 1. The van der Waals surface area contributed by atoms with Crippen LogP contribution in [0.5, 0.6) is 0 Å². The smallest absolute Gasteiger partial charge is 0.414 e. The number of allylic oxidation sites excluding steroid dienone is 2. The molecule has 2 N–H and O–H groups in total. The number of amides is 2. The molecule has 0 bridgehead atoms. The summed E-state index contributed by atoms with van der Waals surface area (Å²) in [5.74, 6) is -0.123. The molecule has 0 fully saturated rings. The Morgan fingerprint density at radius 3 is 2.45 bits per heavy atom. The first-order chi connectivity index (χ1) is 19.3. The molecule has 2 aromatic carbocycles. The van der Waals surface area contributed by atoms with Gasteiger partial charge in [0.15, 0.2) is 0 Å². The molecule has 7 nitrogen and oxygen atoms in total. The highest BCUT2D eigenvalue weighted by Crippen LogP contribution is 2.23. The van der Waals surface area contributed by atoms with Gasteiger partial charge in [-0.15, -0.1) is 24.8 Å². The van der Waals surface area contributed by atoms with Crippen LogP contribution < -0.4 is 10.2 Å². The van der Waals surface area contributed by atoms with E-state index >= 15 is 0 Å². The lowest BCUT2D eigenvalue weighted by Crippen LogP contribution is -2.45. The van der Waals surface area contributed by atoms with Crippen molar-refractivity contribution in [3.8, 4) is 0 Å². The van der Waals surface area contributed by atoms with Crippen molar-refractivity contribution in [3.63, 3.8) is 0 Å². The van der Waals surface area contributed by atoms with Gasteiger partial charge in [-0.3, -0.25) is 9.69 Å². The fourth-order valence-electron chi connectivity index (χ4n) is 4.35. The van der Waals surface area contributed by atoms with E-state index in [1.807, 2.05) is 42.5 Å². The van der Waals surface area contributed by atoms with Crippen LogP contribution in [0, 0.1) is 5.92 Å². The summed E-state index contributed by atoms with van der Waals surface area (Å²) in [6.45, 7) is 10.4. The van der Waals surface area contributed by atoms with Gasteiger partial charge in [-0.2, -0.15) is 0 Å². The molecule has 0 aliphatic carbocycles. The van der Waals surface area contributed by atoms with E-state index in [1.165, 1.54) is 4.90 Å². The number of carbonyl (C=O) groups excluding carboxylic acids is 2. The number of hydrogen-bond acceptors (Lipinski definition) is 5. The van der Waals surface area contributed by atoms with E-state index in [1.54, 1.807) is 25.3 Å². The van der Waals surface area contributed by atoms with Gasteiger partial charge < -0.3 is 19.9 Å². The summed E-state index contributed by atoms with van der Waals surface area (Å²) in [6, 6.07) is 14.1. The van der Waals surface area contributed by atoms with Crippen molar-refractivity contribution in [1.82, 2.24) is 5.32 Å². The number of carbonyl (C=O) groups is 2. The van der Waals surface area contributed by atoms with E-state index in [9.17, 15) is 14.7 Å². The highest BCUT2D eigenvalue weighted by molar-refractivity contribution is 6.18. The summed E-state index contributed by atoms with van der Waals surface area (Å²) in [5, 5.41) is 13.5. The molecule has 3 atom stereocenters. The van der Waals surface area contributed by atoms with Crippen LogP contribution in [0.1, 0.15) is 60.5 Å². The predicted molar refractivity (Wildman–Crippen MR) is 162 cm³/mol. The van der Waals surface area contributed by atoms with E-state index in [2.05, 4.69) is 25.4 Å². The summed E-state index contributed by atoms with van der Waals surface area (Å²) in [7, 11) is 1.57. The summed E-state index contributed by atoms with van der Waals surface area (Å²) in [6.07, 6.45) is 5.94. The number of rotatable bonds is 18. The molecule has 0 unspecified atom stereocenters. The van der Waals surface area contributed by atoms with Crippen LogP contribution in [0.3, 0.4) is 0 Å². The number of nitrogens with zero attached hydrogens (tertiary/aromatic N) is 1. The van der Waals surface area contributed by atoms with Crippen molar-refractivity contribution in [2.45, 2.75) is 64.4 Å². The predicted octanol–water partition coefficient (Wildman–Crippen LogP) is 6.63. The van der Waals surface area contributed by atoms with Gasteiger partial charge in [0.2, 0.25) is 0 Å². The SMILES string of the molecule is C=CCCCN(C(=O)OCc1ccccc1)c1cc(COC)cc(C(=O)N[C@@H](C[C@H](C)CCC=C)[C@H](O)CCl)c1. The van der Waals surface area contributed by atoms with E-state index in [4.69, 9.17) is 21.1 Å². The molecule has 2 aromatic rings. The largest absolute Gasteiger partial charge is 0.444 e. The van der Waals surface area contributed by atoms with Crippen LogP contribution in [0.15, 0.2) is 73.8 Å². The van der Waals surface area contributed by atoms with Crippen LogP contribution in [0.2, 0.25) is 0 Å². The number of aliphatic hydroxyl groups excluding tert-OH is 1. The van der Waals surface area contributed by atoms with Crippen LogP contribution in [-0.4, -0.2) is 48.8 Å². The minimum atomic E-state index is -0.901. The molecule has 0 radical (unpaired) electrons. The zero-order valence-corrected chi connectivity index (χ0v) is 24.4. The molecule has 0 aliphatic rings. The minimum absolute atomic E-state index is 0.00156. The maximum atomic E-state index is 13.5. The first-order valence-electron chi connectivity index (χ1n) is 13.7. The number of anilines is 1. The van der Waals surface area contributed by atoms with Gasteiger partial charge in [0.1, 0.15) is 6.61 Å². The highest BCUT2D eigenvalue weighted by atomic mass is 35.5. The fourth-order valence-corrected chi connectivity index (χ4v) is 4.57. The van der Waals surface area contributed by atoms with Gasteiger partial charge in [0.05, 0.1) is 24.6 Å². The average molecular weight is 571 g/mol. The average Bonchev–Trinajstić information content (AvgIpc) is 2.96. The molecule has 0 spiro atoms. The van der Waals surface area contributed by atoms with Crippen molar-refractivity contribution < 1.29 is 24.2 Å². The Balaban J connectivity index is 2.33. The van der Waals surface area contributed by atoms with Crippen LogP contribution in [-0.2, 0) is 22.7 Å². The first kappa shape index (κ1) is 33.1. The fraction of sp³-hybridized carbons (Fsp3) is 0.438. The third kappa shape index (κ3) is 11.2. The number of methoxy groups -OCH3 is 1.